The van der Waals surface area contributed by atoms with Crippen LogP contribution in [-0.2, 0) is 0 Å². The molecule has 0 aliphatic carbocycles. The van der Waals surface area contributed by atoms with Crippen LogP contribution in [0.3, 0.4) is 0 Å². The minimum absolute atomic E-state index is 0.624. The molecular formula is C8H6N6S. The Kier molecular flexibility index (Phi) is 1.65. The highest BCUT2D eigenvalue weighted by molar-refractivity contribution is 7.19. The molecule has 0 atom stereocenters. The van der Waals surface area contributed by atoms with Crippen LogP contribution >= 0.6 is 11.3 Å². The van der Waals surface area contributed by atoms with Crippen molar-refractivity contribution in [2.45, 2.75) is 0 Å². The van der Waals surface area contributed by atoms with Gasteiger partial charge in [0.25, 0.3) is 0 Å². The predicted octanol–water partition coefficient (Wildman–Crippen LogP) is 0.830. The summed E-state index contributed by atoms with van der Waals surface area (Å²) in [6.07, 6.45) is 4.89. The third-order valence-electron chi connectivity index (χ3n) is 1.89. The number of nitrogen functional groups attached to an aromatic ring is 1. The van der Waals surface area contributed by atoms with Gasteiger partial charge in [0.1, 0.15) is 11.3 Å². The molecule has 0 saturated heterocycles. The fourth-order valence-corrected chi connectivity index (χ4v) is 2.05. The van der Waals surface area contributed by atoms with Gasteiger partial charge in [-0.1, -0.05) is 11.3 Å². The summed E-state index contributed by atoms with van der Waals surface area (Å²) in [5, 5.41) is 12.8. The quantitative estimate of drug-likeness (QED) is 0.654. The minimum Gasteiger partial charge on any atom is -0.397 e. The molecule has 6 nitrogen and oxygen atoms in total. The summed E-state index contributed by atoms with van der Waals surface area (Å²) in [6, 6.07) is 1.83. The van der Waals surface area contributed by atoms with Crippen LogP contribution in [-0.4, -0.2) is 24.8 Å². The van der Waals surface area contributed by atoms with Crippen LogP contribution in [0.25, 0.3) is 15.5 Å². The zero-order valence-electron chi connectivity index (χ0n) is 7.53. The Hall–Kier alpha value is -2.02. The van der Waals surface area contributed by atoms with E-state index in [-0.39, 0.29) is 0 Å². The number of hydrogen-bond acceptors (Lipinski definition) is 6. The average molecular weight is 218 g/mol. The molecule has 0 radical (unpaired) electrons. The Morgan fingerprint density at radius 2 is 2.27 bits per heavy atom. The normalized spacial score (nSPS) is 10.9. The van der Waals surface area contributed by atoms with Crippen molar-refractivity contribution in [2.75, 3.05) is 5.73 Å². The van der Waals surface area contributed by atoms with Crippen LogP contribution in [0.2, 0.25) is 0 Å². The minimum atomic E-state index is 0.624. The maximum atomic E-state index is 5.65. The fourth-order valence-electron chi connectivity index (χ4n) is 1.25. The summed E-state index contributed by atoms with van der Waals surface area (Å²) < 4.78 is 1.63. The summed E-state index contributed by atoms with van der Waals surface area (Å²) in [5.41, 5.74) is 7.16. The maximum absolute atomic E-state index is 5.65. The van der Waals surface area contributed by atoms with E-state index in [0.29, 0.717) is 5.69 Å². The second-order valence-corrected chi connectivity index (χ2v) is 3.93. The monoisotopic (exact) mass is 218 g/mol. The number of aromatic nitrogens is 5. The summed E-state index contributed by atoms with van der Waals surface area (Å²) in [4.78, 5) is 4.77. The molecule has 0 saturated carbocycles. The zero-order chi connectivity index (χ0) is 10.3. The molecule has 2 N–H and O–H groups in total. The molecular weight excluding hydrogens is 212 g/mol. The Morgan fingerprint density at radius 3 is 3.07 bits per heavy atom. The molecule has 0 spiro atoms. The van der Waals surface area contributed by atoms with Gasteiger partial charge in [0.05, 0.1) is 5.69 Å². The van der Waals surface area contributed by atoms with Gasteiger partial charge in [-0.3, -0.25) is 4.98 Å². The largest absolute Gasteiger partial charge is 0.397 e. The standard InChI is InChI=1S/C8H6N6S/c9-6-1-5(2-10-3-6)7-13-14-4-11-12-8(14)15-7/h1-4H,9H2. The van der Waals surface area contributed by atoms with Crippen molar-refractivity contribution in [3.63, 3.8) is 0 Å². The summed E-state index contributed by atoms with van der Waals surface area (Å²) >= 11 is 1.45. The molecule has 0 aromatic carbocycles. The SMILES string of the molecule is Nc1cncc(-c2nn3cnnc3s2)c1. The molecule has 15 heavy (non-hydrogen) atoms. The molecule has 74 valence electrons. The molecule has 0 amide bonds. The highest BCUT2D eigenvalue weighted by Crippen LogP contribution is 2.24. The van der Waals surface area contributed by atoms with Crippen molar-refractivity contribution in [2.24, 2.45) is 0 Å². The lowest BCUT2D eigenvalue weighted by Gasteiger charge is -1.95. The van der Waals surface area contributed by atoms with E-state index in [1.807, 2.05) is 6.07 Å². The number of hydrogen-bond donors (Lipinski definition) is 1. The number of nitrogens with two attached hydrogens (primary N) is 1. The van der Waals surface area contributed by atoms with Crippen LogP contribution in [0, 0.1) is 0 Å². The Labute approximate surface area is 88.4 Å². The number of pyridine rings is 1. The van der Waals surface area contributed by atoms with Gasteiger partial charge in [0, 0.05) is 18.0 Å². The van der Waals surface area contributed by atoms with Gasteiger partial charge in [0.15, 0.2) is 0 Å². The first kappa shape index (κ1) is 8.30. The van der Waals surface area contributed by atoms with Crippen molar-refractivity contribution in [3.8, 4) is 10.6 Å². The van der Waals surface area contributed by atoms with Crippen molar-refractivity contribution < 1.29 is 0 Å². The Bertz CT molecular complexity index is 584. The van der Waals surface area contributed by atoms with Gasteiger partial charge in [-0.15, -0.1) is 10.2 Å². The van der Waals surface area contributed by atoms with Gasteiger partial charge in [-0.05, 0) is 6.07 Å². The third-order valence-corrected chi connectivity index (χ3v) is 2.86. The van der Waals surface area contributed by atoms with Crippen molar-refractivity contribution in [3.05, 3.63) is 24.8 Å². The van der Waals surface area contributed by atoms with Gasteiger partial charge in [-0.25, -0.2) is 0 Å². The molecule has 3 aromatic rings. The molecule has 7 heteroatoms. The topological polar surface area (TPSA) is 82.0 Å². The van der Waals surface area contributed by atoms with Gasteiger partial charge < -0.3 is 5.73 Å². The lowest BCUT2D eigenvalue weighted by atomic mass is 10.3. The van der Waals surface area contributed by atoms with Crippen LogP contribution in [0.4, 0.5) is 5.69 Å². The van der Waals surface area contributed by atoms with Gasteiger partial charge in [-0.2, -0.15) is 9.61 Å². The van der Waals surface area contributed by atoms with E-state index in [9.17, 15) is 0 Å². The number of anilines is 1. The van der Waals surface area contributed by atoms with Crippen LogP contribution in [0.1, 0.15) is 0 Å². The molecule has 0 aliphatic rings. The highest BCUT2D eigenvalue weighted by atomic mass is 32.1. The Morgan fingerprint density at radius 1 is 1.33 bits per heavy atom. The zero-order valence-corrected chi connectivity index (χ0v) is 8.35. The second kappa shape index (κ2) is 2.99. The second-order valence-electron chi connectivity index (χ2n) is 2.97. The number of fused-ring (bicyclic) bond motifs is 1. The lowest BCUT2D eigenvalue weighted by Crippen LogP contribution is -1.88. The van der Waals surface area contributed by atoms with E-state index in [2.05, 4.69) is 20.3 Å². The highest BCUT2D eigenvalue weighted by Gasteiger charge is 2.07. The molecule has 0 aliphatic heterocycles. The first-order valence-corrected chi connectivity index (χ1v) is 5.02. The first-order chi connectivity index (χ1) is 7.33. The predicted molar refractivity (Wildman–Crippen MR) is 56.3 cm³/mol. The van der Waals surface area contributed by atoms with Crippen molar-refractivity contribution in [1.29, 1.82) is 0 Å². The average Bonchev–Trinajstić information content (AvgIpc) is 2.76. The molecule has 0 bridgehead atoms. The molecule has 0 unspecified atom stereocenters. The number of rotatable bonds is 1. The third kappa shape index (κ3) is 1.33. The van der Waals surface area contributed by atoms with Crippen molar-refractivity contribution in [1.82, 2.24) is 24.8 Å². The van der Waals surface area contributed by atoms with Crippen LogP contribution in [0.15, 0.2) is 24.8 Å². The van der Waals surface area contributed by atoms with Gasteiger partial charge >= 0.3 is 0 Å². The number of nitrogens with zero attached hydrogens (tertiary/aromatic N) is 5. The van der Waals surface area contributed by atoms with E-state index in [0.717, 1.165) is 15.5 Å². The maximum Gasteiger partial charge on any atom is 0.234 e. The fraction of sp³-hybridized carbons (Fsp3) is 0. The van der Waals surface area contributed by atoms with E-state index >= 15 is 0 Å². The van der Waals surface area contributed by atoms with E-state index in [1.165, 1.54) is 11.3 Å². The van der Waals surface area contributed by atoms with Gasteiger partial charge in [0.2, 0.25) is 4.96 Å². The molecule has 0 fully saturated rings. The van der Waals surface area contributed by atoms with E-state index in [4.69, 9.17) is 5.73 Å². The first-order valence-electron chi connectivity index (χ1n) is 4.21. The molecule has 3 heterocycles. The Balaban J connectivity index is 2.17. The summed E-state index contributed by atoms with van der Waals surface area (Å²) in [6.45, 7) is 0. The summed E-state index contributed by atoms with van der Waals surface area (Å²) in [7, 11) is 0. The van der Waals surface area contributed by atoms with Crippen LogP contribution in [0.5, 0.6) is 0 Å². The lowest BCUT2D eigenvalue weighted by molar-refractivity contribution is 0.959. The summed E-state index contributed by atoms with van der Waals surface area (Å²) in [5.74, 6) is 0. The van der Waals surface area contributed by atoms with Crippen LogP contribution < -0.4 is 5.73 Å². The molecule has 3 aromatic heterocycles. The van der Waals surface area contributed by atoms with E-state index < -0.39 is 0 Å². The van der Waals surface area contributed by atoms with Crippen molar-refractivity contribution >= 4 is 22.0 Å². The smallest absolute Gasteiger partial charge is 0.234 e. The van der Waals surface area contributed by atoms with E-state index in [1.54, 1.807) is 23.2 Å². The molecule has 3 rings (SSSR count).